The molecule has 1 atom stereocenters. The van der Waals surface area contributed by atoms with Crippen LogP contribution in [0.3, 0.4) is 0 Å². The van der Waals surface area contributed by atoms with Crippen molar-refractivity contribution < 1.29 is 18.7 Å². The lowest BCUT2D eigenvalue weighted by Gasteiger charge is -2.25. The van der Waals surface area contributed by atoms with Crippen LogP contribution in [0.1, 0.15) is 31.7 Å². The third kappa shape index (κ3) is 3.90. The summed E-state index contributed by atoms with van der Waals surface area (Å²) in [5.41, 5.74) is 2.68. The van der Waals surface area contributed by atoms with Crippen LogP contribution >= 0.6 is 0 Å². The molecule has 1 aliphatic carbocycles. The Balaban J connectivity index is 2.57. The molecule has 0 radical (unpaired) electrons. The first kappa shape index (κ1) is 18.7. The van der Waals surface area contributed by atoms with E-state index in [-0.39, 0.29) is 11.9 Å². The summed E-state index contributed by atoms with van der Waals surface area (Å²) in [4.78, 5) is 12.8. The molecule has 0 bridgehead atoms. The van der Waals surface area contributed by atoms with Crippen LogP contribution in [0.15, 0.2) is 23.8 Å². The van der Waals surface area contributed by atoms with Crippen molar-refractivity contribution in [2.75, 3.05) is 14.2 Å². The summed E-state index contributed by atoms with van der Waals surface area (Å²) in [6, 6.07) is 5.67. The Morgan fingerprint density at radius 1 is 1.17 bits per heavy atom. The molecule has 5 heteroatoms. The number of ether oxygens (including phenoxy) is 2. The first-order chi connectivity index (χ1) is 11.3. The van der Waals surface area contributed by atoms with E-state index in [4.69, 9.17) is 13.9 Å². The summed E-state index contributed by atoms with van der Waals surface area (Å²) >= 11 is 0. The van der Waals surface area contributed by atoms with Gasteiger partial charge < -0.3 is 13.9 Å². The Morgan fingerprint density at radius 3 is 2.42 bits per heavy atom. The van der Waals surface area contributed by atoms with Crippen LogP contribution < -0.4 is 9.47 Å². The number of benzene rings is 1. The topological polar surface area (TPSA) is 44.8 Å². The summed E-state index contributed by atoms with van der Waals surface area (Å²) in [7, 11) is 1.48. The molecule has 0 amide bonds. The fourth-order valence-electron chi connectivity index (χ4n) is 3.24. The van der Waals surface area contributed by atoms with Crippen LogP contribution in [0.5, 0.6) is 11.5 Å². The van der Waals surface area contributed by atoms with Crippen molar-refractivity contribution >= 4 is 19.7 Å². The lowest BCUT2D eigenvalue weighted by atomic mass is 9.97. The molecule has 0 spiro atoms. The molecular weight excluding hydrogens is 320 g/mol. The number of ketones is 1. The third-order valence-electron chi connectivity index (χ3n) is 4.05. The van der Waals surface area contributed by atoms with E-state index in [0.29, 0.717) is 17.9 Å². The fourth-order valence-corrected chi connectivity index (χ4v) is 4.31. The maximum atomic E-state index is 12.8. The predicted octanol–water partition coefficient (Wildman–Crippen LogP) is 4.45. The molecule has 0 saturated heterocycles. The highest BCUT2D eigenvalue weighted by Gasteiger charge is 2.37. The van der Waals surface area contributed by atoms with E-state index in [9.17, 15) is 4.79 Å². The Bertz CT molecular complexity index is 643. The van der Waals surface area contributed by atoms with E-state index >= 15 is 0 Å². The highest BCUT2D eigenvalue weighted by Crippen LogP contribution is 2.43. The standard InChI is InChI=1S/C19H28O4Si/c1-7-9-13-17(23-24(4,5)6)12-15(20)18(13)14-10-8-11-16(21-2)19(14)22-3/h8,10-11,17H,7,9,12H2,1-6H3. The number of Topliss-reactive ketones (excluding diaryl/α,β-unsaturated/α-hetero) is 1. The van der Waals surface area contributed by atoms with Crippen LogP contribution in [0.25, 0.3) is 5.57 Å². The SMILES string of the molecule is CCCC1=C(c2cccc(OC)c2OC)C(=O)CC1O[Si](C)(C)C. The molecule has 0 fully saturated rings. The number of hydrogen-bond acceptors (Lipinski definition) is 4. The van der Waals surface area contributed by atoms with Gasteiger partial charge in [-0.3, -0.25) is 4.79 Å². The van der Waals surface area contributed by atoms with Gasteiger partial charge in [-0.25, -0.2) is 0 Å². The third-order valence-corrected chi connectivity index (χ3v) is 5.04. The van der Waals surface area contributed by atoms with Crippen LogP contribution in [0.4, 0.5) is 0 Å². The van der Waals surface area contributed by atoms with Crippen molar-refractivity contribution in [1.82, 2.24) is 0 Å². The van der Waals surface area contributed by atoms with Gasteiger partial charge in [0.25, 0.3) is 0 Å². The zero-order valence-corrected chi connectivity index (χ0v) is 16.6. The molecular formula is C19H28O4Si. The number of para-hydroxylation sites is 1. The van der Waals surface area contributed by atoms with Gasteiger partial charge in [0.1, 0.15) is 0 Å². The predicted molar refractivity (Wildman–Crippen MR) is 99.2 cm³/mol. The Labute approximate surface area is 145 Å². The van der Waals surface area contributed by atoms with Crippen molar-refractivity contribution in [2.45, 2.75) is 51.9 Å². The van der Waals surface area contributed by atoms with Gasteiger partial charge in [0.2, 0.25) is 0 Å². The van der Waals surface area contributed by atoms with Crippen LogP contribution in [-0.4, -0.2) is 34.4 Å². The summed E-state index contributed by atoms with van der Waals surface area (Å²) in [5, 5.41) is 0. The van der Waals surface area contributed by atoms with Crippen molar-refractivity contribution in [3.05, 3.63) is 29.3 Å². The molecule has 1 aromatic rings. The molecule has 0 aliphatic heterocycles. The van der Waals surface area contributed by atoms with Crippen LogP contribution in [0.2, 0.25) is 19.6 Å². The fraction of sp³-hybridized carbons (Fsp3) is 0.526. The number of hydrogen-bond donors (Lipinski definition) is 0. The molecule has 2 rings (SSSR count). The minimum Gasteiger partial charge on any atom is -0.493 e. The van der Waals surface area contributed by atoms with Gasteiger partial charge in [0, 0.05) is 17.6 Å². The largest absolute Gasteiger partial charge is 0.493 e. The zero-order valence-electron chi connectivity index (χ0n) is 15.6. The molecule has 24 heavy (non-hydrogen) atoms. The van der Waals surface area contributed by atoms with Crippen LogP contribution in [-0.2, 0) is 9.22 Å². The molecule has 0 N–H and O–H groups in total. The average molecular weight is 349 g/mol. The van der Waals surface area contributed by atoms with Gasteiger partial charge in [-0.05, 0) is 37.7 Å². The number of carbonyl (C=O) groups is 1. The highest BCUT2D eigenvalue weighted by molar-refractivity contribution is 6.69. The second-order valence-corrected chi connectivity index (χ2v) is 11.5. The van der Waals surface area contributed by atoms with Gasteiger partial charge in [0.05, 0.1) is 20.3 Å². The van der Waals surface area contributed by atoms with Gasteiger partial charge in [0.15, 0.2) is 25.6 Å². The molecule has 1 aromatic carbocycles. The van der Waals surface area contributed by atoms with Gasteiger partial charge in [-0.15, -0.1) is 0 Å². The molecule has 0 saturated carbocycles. The number of carbonyl (C=O) groups excluding carboxylic acids is 1. The molecule has 0 heterocycles. The Kier molecular flexibility index (Phi) is 5.88. The van der Waals surface area contributed by atoms with E-state index in [0.717, 1.165) is 29.6 Å². The summed E-state index contributed by atoms with van der Waals surface area (Å²) in [6.45, 7) is 8.60. The normalized spacial score (nSPS) is 18.2. The Hall–Kier alpha value is -1.59. The van der Waals surface area contributed by atoms with Crippen molar-refractivity contribution in [3.8, 4) is 11.5 Å². The van der Waals surface area contributed by atoms with Crippen molar-refractivity contribution in [2.24, 2.45) is 0 Å². The van der Waals surface area contributed by atoms with Gasteiger partial charge in [-0.1, -0.05) is 25.5 Å². The van der Waals surface area contributed by atoms with Crippen molar-refractivity contribution in [1.29, 1.82) is 0 Å². The maximum absolute atomic E-state index is 12.8. The summed E-state index contributed by atoms with van der Waals surface area (Å²) in [6.07, 6.45) is 2.16. The van der Waals surface area contributed by atoms with Crippen LogP contribution in [0, 0.1) is 0 Å². The lowest BCUT2D eigenvalue weighted by Crippen LogP contribution is -2.32. The van der Waals surface area contributed by atoms with Gasteiger partial charge in [-0.2, -0.15) is 0 Å². The number of rotatable bonds is 7. The van der Waals surface area contributed by atoms with E-state index in [1.807, 2.05) is 18.2 Å². The smallest absolute Gasteiger partial charge is 0.184 e. The van der Waals surface area contributed by atoms with E-state index in [1.165, 1.54) is 0 Å². The number of methoxy groups -OCH3 is 2. The second-order valence-electron chi connectivity index (χ2n) is 7.04. The zero-order chi connectivity index (χ0) is 17.9. The minimum atomic E-state index is -1.74. The van der Waals surface area contributed by atoms with E-state index in [2.05, 4.69) is 26.6 Å². The minimum absolute atomic E-state index is 0.102. The summed E-state index contributed by atoms with van der Waals surface area (Å²) < 4.78 is 17.2. The number of allylic oxidation sites excluding steroid dienone is 1. The summed E-state index contributed by atoms with van der Waals surface area (Å²) in [5.74, 6) is 1.39. The van der Waals surface area contributed by atoms with E-state index in [1.54, 1.807) is 14.2 Å². The average Bonchev–Trinajstić information content (AvgIpc) is 2.80. The first-order valence-corrected chi connectivity index (χ1v) is 11.9. The second kappa shape index (κ2) is 7.53. The molecule has 4 nitrogen and oxygen atoms in total. The van der Waals surface area contributed by atoms with E-state index < -0.39 is 8.32 Å². The molecule has 132 valence electrons. The molecule has 1 unspecified atom stereocenters. The lowest BCUT2D eigenvalue weighted by molar-refractivity contribution is -0.114. The monoisotopic (exact) mass is 348 g/mol. The molecule has 1 aliphatic rings. The Morgan fingerprint density at radius 2 is 1.88 bits per heavy atom. The quantitative estimate of drug-likeness (QED) is 0.683. The molecule has 0 aromatic heterocycles. The van der Waals surface area contributed by atoms with Crippen molar-refractivity contribution in [3.63, 3.8) is 0 Å². The van der Waals surface area contributed by atoms with Gasteiger partial charge >= 0.3 is 0 Å². The highest BCUT2D eigenvalue weighted by atomic mass is 28.4. The maximum Gasteiger partial charge on any atom is 0.184 e. The first-order valence-electron chi connectivity index (χ1n) is 8.47.